The highest BCUT2D eigenvalue weighted by Gasteiger charge is 2.22. The highest BCUT2D eigenvalue weighted by Crippen LogP contribution is 2.34. The van der Waals surface area contributed by atoms with Crippen molar-refractivity contribution >= 4 is 11.4 Å². The van der Waals surface area contributed by atoms with Gasteiger partial charge in [0.2, 0.25) is 0 Å². The molecule has 0 aliphatic carbocycles. The number of anilines is 2. The molecule has 0 spiro atoms. The molecule has 4 nitrogen and oxygen atoms in total. The Hall–Kier alpha value is -1.42. The van der Waals surface area contributed by atoms with Crippen LogP contribution in [0.25, 0.3) is 0 Å². The predicted octanol–water partition coefficient (Wildman–Crippen LogP) is 1.42. The van der Waals surface area contributed by atoms with Gasteiger partial charge in [0.15, 0.2) is 0 Å². The van der Waals surface area contributed by atoms with E-state index in [2.05, 4.69) is 30.8 Å². The van der Waals surface area contributed by atoms with Crippen LogP contribution in [0.4, 0.5) is 11.4 Å². The fraction of sp³-hybridized carbons (Fsp3) is 0.538. The van der Waals surface area contributed by atoms with E-state index < -0.39 is 0 Å². The van der Waals surface area contributed by atoms with Crippen molar-refractivity contribution < 1.29 is 4.74 Å². The smallest absolute Gasteiger partial charge is 0.145 e. The first-order chi connectivity index (χ1) is 8.06. The number of nitrogens with two attached hydrogens (primary N) is 1. The predicted molar refractivity (Wildman–Crippen MR) is 71.7 cm³/mol. The third-order valence-corrected chi connectivity index (χ3v) is 2.95. The number of nitrogen functional groups attached to an aromatic ring is 1. The van der Waals surface area contributed by atoms with Gasteiger partial charge in [-0.25, -0.2) is 0 Å². The topological polar surface area (TPSA) is 41.7 Å². The summed E-state index contributed by atoms with van der Waals surface area (Å²) in [5.74, 6) is 0.905. The van der Waals surface area contributed by atoms with Crippen molar-refractivity contribution in [1.82, 2.24) is 4.90 Å². The zero-order chi connectivity index (χ0) is 12.4. The summed E-state index contributed by atoms with van der Waals surface area (Å²) >= 11 is 0. The van der Waals surface area contributed by atoms with Crippen LogP contribution in [-0.4, -0.2) is 44.7 Å². The number of hydrogen-bond acceptors (Lipinski definition) is 4. The Kier molecular flexibility index (Phi) is 3.43. The van der Waals surface area contributed by atoms with Crippen molar-refractivity contribution in [2.45, 2.75) is 13.0 Å². The first-order valence-electron chi connectivity index (χ1n) is 6.02. The van der Waals surface area contributed by atoms with Crippen molar-refractivity contribution in [3.8, 4) is 5.75 Å². The first-order valence-corrected chi connectivity index (χ1v) is 6.02. The number of benzene rings is 1. The van der Waals surface area contributed by atoms with Crippen LogP contribution in [0.15, 0.2) is 18.2 Å². The summed E-state index contributed by atoms with van der Waals surface area (Å²) < 4.78 is 5.81. The van der Waals surface area contributed by atoms with Crippen LogP contribution in [0.1, 0.15) is 6.92 Å². The van der Waals surface area contributed by atoms with Gasteiger partial charge >= 0.3 is 0 Å². The molecule has 1 aliphatic heterocycles. The summed E-state index contributed by atoms with van der Waals surface area (Å²) in [6, 6.07) is 5.89. The lowest BCUT2D eigenvalue weighted by Gasteiger charge is -2.35. The molecule has 0 saturated heterocycles. The van der Waals surface area contributed by atoms with Gasteiger partial charge in [0.05, 0.1) is 12.2 Å². The van der Waals surface area contributed by atoms with E-state index in [0.29, 0.717) is 0 Å². The Morgan fingerprint density at radius 3 is 2.94 bits per heavy atom. The summed E-state index contributed by atoms with van der Waals surface area (Å²) in [4.78, 5) is 4.56. The molecule has 1 heterocycles. The van der Waals surface area contributed by atoms with Gasteiger partial charge in [-0.15, -0.1) is 0 Å². The van der Waals surface area contributed by atoms with Crippen LogP contribution in [0.3, 0.4) is 0 Å². The maximum Gasteiger partial charge on any atom is 0.145 e. The van der Waals surface area contributed by atoms with Gasteiger partial charge in [-0.2, -0.15) is 0 Å². The molecule has 1 aromatic rings. The van der Waals surface area contributed by atoms with Gasteiger partial charge in [-0.3, -0.25) is 0 Å². The monoisotopic (exact) mass is 235 g/mol. The second kappa shape index (κ2) is 4.84. The van der Waals surface area contributed by atoms with Crippen molar-refractivity contribution in [1.29, 1.82) is 0 Å². The van der Waals surface area contributed by atoms with Crippen LogP contribution in [-0.2, 0) is 0 Å². The quantitative estimate of drug-likeness (QED) is 0.805. The minimum absolute atomic E-state index is 0.214. The maximum absolute atomic E-state index is 5.81. The van der Waals surface area contributed by atoms with Gasteiger partial charge in [0.1, 0.15) is 11.9 Å². The SMILES string of the molecule is CC1CN(CCN(C)C)c2ccc(N)cc2O1. The number of nitrogens with zero attached hydrogens (tertiary/aromatic N) is 2. The summed E-state index contributed by atoms with van der Waals surface area (Å²) in [6.07, 6.45) is 0.214. The van der Waals surface area contributed by atoms with Crippen molar-refractivity contribution in [2.75, 3.05) is 44.4 Å². The third-order valence-electron chi connectivity index (χ3n) is 2.95. The molecule has 0 fully saturated rings. The van der Waals surface area contributed by atoms with Gasteiger partial charge < -0.3 is 20.3 Å². The van der Waals surface area contributed by atoms with E-state index in [9.17, 15) is 0 Å². The fourth-order valence-electron chi connectivity index (χ4n) is 2.08. The summed E-state index contributed by atoms with van der Waals surface area (Å²) in [5, 5.41) is 0. The molecule has 0 amide bonds. The number of likely N-dealkylation sites (N-methyl/N-ethyl adjacent to an activating group) is 1. The fourth-order valence-corrected chi connectivity index (χ4v) is 2.08. The molecule has 0 aromatic heterocycles. The Balaban J connectivity index is 2.19. The number of fused-ring (bicyclic) bond motifs is 1. The molecule has 0 radical (unpaired) electrons. The largest absolute Gasteiger partial charge is 0.487 e. The van der Waals surface area contributed by atoms with Gasteiger partial charge in [-0.05, 0) is 33.2 Å². The molecule has 1 unspecified atom stereocenters. The molecule has 17 heavy (non-hydrogen) atoms. The van der Waals surface area contributed by atoms with Crippen LogP contribution in [0.2, 0.25) is 0 Å². The van der Waals surface area contributed by atoms with Crippen molar-refractivity contribution in [3.63, 3.8) is 0 Å². The molecular weight excluding hydrogens is 214 g/mol. The lowest BCUT2D eigenvalue weighted by Crippen LogP contribution is -2.41. The average molecular weight is 235 g/mol. The zero-order valence-electron chi connectivity index (χ0n) is 10.8. The molecular formula is C13H21N3O. The Morgan fingerprint density at radius 2 is 2.24 bits per heavy atom. The molecule has 2 N–H and O–H groups in total. The van der Waals surface area contributed by atoms with Gasteiger partial charge in [0, 0.05) is 24.8 Å². The second-order valence-electron chi connectivity index (χ2n) is 4.90. The number of ether oxygens (including phenoxy) is 1. The summed E-state index contributed by atoms with van der Waals surface area (Å²) in [5.41, 5.74) is 7.70. The van der Waals surface area contributed by atoms with Crippen LogP contribution in [0.5, 0.6) is 5.75 Å². The van der Waals surface area contributed by atoms with E-state index in [1.807, 2.05) is 18.2 Å². The van der Waals surface area contributed by atoms with Gasteiger partial charge in [-0.1, -0.05) is 0 Å². The normalized spacial score (nSPS) is 19.1. The highest BCUT2D eigenvalue weighted by atomic mass is 16.5. The lowest BCUT2D eigenvalue weighted by molar-refractivity contribution is 0.211. The first kappa shape index (κ1) is 12.0. The number of hydrogen-bond donors (Lipinski definition) is 1. The molecule has 0 saturated carbocycles. The van der Waals surface area contributed by atoms with Crippen molar-refractivity contribution in [2.24, 2.45) is 0 Å². The molecule has 94 valence electrons. The van der Waals surface area contributed by atoms with Gasteiger partial charge in [0.25, 0.3) is 0 Å². The molecule has 4 heteroatoms. The van der Waals surface area contributed by atoms with Crippen molar-refractivity contribution in [3.05, 3.63) is 18.2 Å². The molecule has 1 atom stereocenters. The molecule has 0 bridgehead atoms. The number of rotatable bonds is 3. The van der Waals surface area contributed by atoms with E-state index in [-0.39, 0.29) is 6.10 Å². The molecule has 1 aliphatic rings. The van der Waals surface area contributed by atoms with Crippen LogP contribution >= 0.6 is 0 Å². The van der Waals surface area contributed by atoms with E-state index in [0.717, 1.165) is 36.8 Å². The van der Waals surface area contributed by atoms with Crippen LogP contribution < -0.4 is 15.4 Å². The summed E-state index contributed by atoms with van der Waals surface area (Å²) in [7, 11) is 4.18. The van der Waals surface area contributed by atoms with E-state index >= 15 is 0 Å². The van der Waals surface area contributed by atoms with E-state index in [1.54, 1.807) is 0 Å². The minimum atomic E-state index is 0.214. The molecule has 1 aromatic carbocycles. The summed E-state index contributed by atoms with van der Waals surface area (Å²) in [6.45, 7) is 5.08. The average Bonchev–Trinajstić information content (AvgIpc) is 2.24. The maximum atomic E-state index is 5.81. The van der Waals surface area contributed by atoms with E-state index in [1.165, 1.54) is 0 Å². The minimum Gasteiger partial charge on any atom is -0.487 e. The Bertz CT molecular complexity index is 392. The Labute approximate surface area is 103 Å². The Morgan fingerprint density at radius 1 is 1.47 bits per heavy atom. The lowest BCUT2D eigenvalue weighted by atomic mass is 10.2. The second-order valence-corrected chi connectivity index (χ2v) is 4.90. The van der Waals surface area contributed by atoms with E-state index in [4.69, 9.17) is 10.5 Å². The standard InChI is InChI=1S/C13H21N3O/c1-10-9-16(7-6-15(2)3)12-5-4-11(14)8-13(12)17-10/h4-5,8,10H,6-7,9,14H2,1-3H3. The van der Waals surface area contributed by atoms with Crippen LogP contribution in [0, 0.1) is 0 Å². The highest BCUT2D eigenvalue weighted by molar-refractivity contribution is 5.65. The third kappa shape index (κ3) is 2.82. The molecule has 2 rings (SSSR count). The zero-order valence-corrected chi connectivity index (χ0v) is 10.8.